The summed E-state index contributed by atoms with van der Waals surface area (Å²) in [6, 6.07) is 2.99. The monoisotopic (exact) mass is 435 g/mol. The van der Waals surface area contributed by atoms with Gasteiger partial charge in [-0.2, -0.15) is 11.8 Å². The lowest BCUT2D eigenvalue weighted by molar-refractivity contribution is -0.137. The first-order valence-electron chi connectivity index (χ1n) is 8.57. The fourth-order valence-electron chi connectivity index (χ4n) is 3.06. The maximum Gasteiger partial charge on any atom is 0.251 e. The number of pyridine rings is 1. The molecule has 0 aromatic carbocycles. The highest BCUT2D eigenvalue weighted by atomic mass is 35.5. The van der Waals surface area contributed by atoms with Crippen molar-refractivity contribution in [3.8, 4) is 0 Å². The minimum atomic E-state index is -1.84. The lowest BCUT2D eigenvalue weighted by Crippen LogP contribution is -2.59. The topological polar surface area (TPSA) is 115 Å². The fraction of sp³-hybridized carbons (Fsp3) is 0.556. The van der Waals surface area contributed by atoms with Crippen molar-refractivity contribution in [2.24, 2.45) is 17.4 Å². The number of nitrogens with two attached hydrogens (primary N) is 2. The van der Waals surface area contributed by atoms with Gasteiger partial charge in [0.15, 0.2) is 5.60 Å². The van der Waals surface area contributed by atoms with Crippen molar-refractivity contribution >= 4 is 53.5 Å². The number of nitrogens with zero attached hydrogens (tertiary/aromatic N) is 1. The van der Waals surface area contributed by atoms with Crippen molar-refractivity contribution in [1.82, 2.24) is 4.98 Å². The van der Waals surface area contributed by atoms with E-state index in [0.29, 0.717) is 17.0 Å². The summed E-state index contributed by atoms with van der Waals surface area (Å²) in [5, 5.41) is 11.6. The number of halogens is 2. The van der Waals surface area contributed by atoms with E-state index >= 15 is 0 Å². The van der Waals surface area contributed by atoms with E-state index < -0.39 is 17.6 Å². The Balaban J connectivity index is 0.00000182. The molecule has 0 aliphatic heterocycles. The Morgan fingerprint density at radius 1 is 1.48 bits per heavy atom. The number of aliphatic hydroxyl groups is 1. The first kappa shape index (κ1) is 24.0. The molecule has 9 heteroatoms. The van der Waals surface area contributed by atoms with Crippen molar-refractivity contribution in [2.75, 3.05) is 12.0 Å². The summed E-state index contributed by atoms with van der Waals surface area (Å²) in [6.07, 6.45) is 8.11. The SMILES string of the molecule is CSC[C@H](N)[C@](O)(Cc1nccc2oc(CCC3CC3)cc12)C(N)=O.Cl.Cl. The zero-order valence-electron chi connectivity index (χ0n) is 15.2. The standard InChI is InChI=1S/C18H25N3O3S.2ClH/c1-25-10-16(19)18(23,17(20)22)9-14-13-8-12(5-4-11-2-3-11)24-15(13)6-7-21-14;;/h6-8,11,16,23H,2-5,9-10,19H2,1H3,(H2,20,22);2*1H/t16-,18+;;/m0../s1. The van der Waals surface area contributed by atoms with Crippen LogP contribution in [-0.2, 0) is 17.6 Å². The molecule has 0 unspecified atom stereocenters. The number of thioether (sulfide) groups is 1. The van der Waals surface area contributed by atoms with Gasteiger partial charge in [0.2, 0.25) is 0 Å². The van der Waals surface area contributed by atoms with Crippen molar-refractivity contribution in [2.45, 2.75) is 43.7 Å². The van der Waals surface area contributed by atoms with Crippen LogP contribution in [0.2, 0.25) is 0 Å². The number of fused-ring (bicyclic) bond motifs is 1. The second-order valence-corrected chi connectivity index (χ2v) is 7.80. The van der Waals surface area contributed by atoms with Gasteiger partial charge in [0, 0.05) is 30.2 Å². The molecule has 0 saturated heterocycles. The van der Waals surface area contributed by atoms with E-state index in [2.05, 4.69) is 4.98 Å². The minimum Gasteiger partial charge on any atom is -0.461 e. The van der Waals surface area contributed by atoms with Crippen LogP contribution in [0.5, 0.6) is 0 Å². The Morgan fingerprint density at radius 2 is 2.19 bits per heavy atom. The number of carbonyl (C=O) groups is 1. The number of amides is 1. The molecule has 2 heterocycles. The summed E-state index contributed by atoms with van der Waals surface area (Å²) in [6.45, 7) is 0. The first-order chi connectivity index (χ1) is 11.9. The molecule has 1 saturated carbocycles. The predicted molar refractivity (Wildman–Crippen MR) is 114 cm³/mol. The number of hydrogen-bond acceptors (Lipinski definition) is 6. The summed E-state index contributed by atoms with van der Waals surface area (Å²) in [7, 11) is 0. The molecule has 5 N–H and O–H groups in total. The molecule has 152 valence electrons. The van der Waals surface area contributed by atoms with E-state index in [0.717, 1.165) is 29.9 Å². The van der Waals surface area contributed by atoms with Crippen LogP contribution in [-0.4, -0.2) is 39.6 Å². The number of hydrogen-bond donors (Lipinski definition) is 3. The first-order valence-corrected chi connectivity index (χ1v) is 9.96. The van der Waals surface area contributed by atoms with E-state index in [1.54, 1.807) is 12.3 Å². The van der Waals surface area contributed by atoms with Crippen LogP contribution in [0.4, 0.5) is 0 Å². The number of carbonyl (C=O) groups excluding carboxylic acids is 1. The smallest absolute Gasteiger partial charge is 0.251 e. The molecular weight excluding hydrogens is 409 g/mol. The number of aromatic nitrogens is 1. The summed E-state index contributed by atoms with van der Waals surface area (Å²) in [4.78, 5) is 16.2. The van der Waals surface area contributed by atoms with Crippen LogP contribution in [0.25, 0.3) is 11.0 Å². The number of furan rings is 1. The third kappa shape index (κ3) is 5.51. The molecule has 3 rings (SSSR count). The van der Waals surface area contributed by atoms with E-state index in [1.165, 1.54) is 24.6 Å². The number of rotatable bonds is 9. The molecule has 2 aromatic heterocycles. The van der Waals surface area contributed by atoms with Crippen molar-refractivity contribution in [1.29, 1.82) is 0 Å². The third-order valence-corrected chi connectivity index (χ3v) is 5.59. The van der Waals surface area contributed by atoms with Gasteiger partial charge in [-0.3, -0.25) is 9.78 Å². The molecule has 0 spiro atoms. The van der Waals surface area contributed by atoms with Crippen LogP contribution >= 0.6 is 36.6 Å². The average Bonchev–Trinajstić information content (AvgIpc) is 3.31. The molecule has 2 atom stereocenters. The van der Waals surface area contributed by atoms with E-state index in [1.807, 2.05) is 12.3 Å². The second kappa shape index (κ2) is 9.98. The van der Waals surface area contributed by atoms with Gasteiger partial charge < -0.3 is 21.0 Å². The van der Waals surface area contributed by atoms with Crippen molar-refractivity contribution in [3.63, 3.8) is 0 Å². The van der Waals surface area contributed by atoms with Gasteiger partial charge in [-0.1, -0.05) is 12.8 Å². The van der Waals surface area contributed by atoms with Gasteiger partial charge in [0.05, 0.1) is 11.7 Å². The maximum atomic E-state index is 11.9. The lowest BCUT2D eigenvalue weighted by atomic mass is 9.88. The Morgan fingerprint density at radius 3 is 2.78 bits per heavy atom. The zero-order chi connectivity index (χ0) is 18.0. The molecule has 1 aliphatic rings. The highest BCUT2D eigenvalue weighted by Gasteiger charge is 2.41. The van der Waals surface area contributed by atoms with Crippen LogP contribution in [0.15, 0.2) is 22.7 Å². The summed E-state index contributed by atoms with van der Waals surface area (Å²) < 4.78 is 5.90. The minimum absolute atomic E-state index is 0. The Bertz CT molecular complexity index is 769. The Kier molecular flexibility index (Phi) is 8.89. The van der Waals surface area contributed by atoms with Crippen molar-refractivity contribution in [3.05, 3.63) is 29.8 Å². The van der Waals surface area contributed by atoms with Crippen molar-refractivity contribution < 1.29 is 14.3 Å². The van der Waals surface area contributed by atoms with Crippen LogP contribution in [0.1, 0.15) is 30.7 Å². The van der Waals surface area contributed by atoms with Crippen LogP contribution < -0.4 is 11.5 Å². The summed E-state index contributed by atoms with van der Waals surface area (Å²) >= 11 is 1.46. The van der Waals surface area contributed by atoms with E-state index in [4.69, 9.17) is 15.9 Å². The molecule has 0 bridgehead atoms. The Hall–Kier alpha value is -0.990. The van der Waals surface area contributed by atoms with Gasteiger partial charge in [0.25, 0.3) is 5.91 Å². The van der Waals surface area contributed by atoms with E-state index in [9.17, 15) is 9.90 Å². The Labute approximate surface area is 175 Å². The normalized spacial score (nSPS) is 16.9. The zero-order valence-corrected chi connectivity index (χ0v) is 17.7. The van der Waals surface area contributed by atoms with Gasteiger partial charge in [-0.05, 0) is 30.7 Å². The van der Waals surface area contributed by atoms with E-state index in [-0.39, 0.29) is 31.2 Å². The van der Waals surface area contributed by atoms with Crippen LogP contribution in [0.3, 0.4) is 0 Å². The molecule has 6 nitrogen and oxygen atoms in total. The molecular formula is C18H27Cl2N3O3S. The number of aryl methyl sites for hydroxylation is 1. The predicted octanol–water partition coefficient (Wildman–Crippen LogP) is 2.46. The largest absolute Gasteiger partial charge is 0.461 e. The quantitative estimate of drug-likeness (QED) is 0.556. The van der Waals surface area contributed by atoms with Crippen LogP contribution in [0, 0.1) is 5.92 Å². The summed E-state index contributed by atoms with van der Waals surface area (Å²) in [5.41, 5.74) is 10.9. The molecule has 27 heavy (non-hydrogen) atoms. The van der Waals surface area contributed by atoms with Gasteiger partial charge in [0.1, 0.15) is 11.3 Å². The number of primary amides is 1. The highest BCUT2D eigenvalue weighted by molar-refractivity contribution is 7.98. The third-order valence-electron chi connectivity index (χ3n) is 4.90. The maximum absolute atomic E-state index is 11.9. The highest BCUT2D eigenvalue weighted by Crippen LogP contribution is 2.34. The molecule has 2 aromatic rings. The average molecular weight is 436 g/mol. The fourth-order valence-corrected chi connectivity index (χ4v) is 3.70. The molecule has 0 radical (unpaired) electrons. The van der Waals surface area contributed by atoms with Gasteiger partial charge in [-0.25, -0.2) is 0 Å². The lowest BCUT2D eigenvalue weighted by Gasteiger charge is -2.30. The second-order valence-electron chi connectivity index (χ2n) is 6.89. The molecule has 1 amide bonds. The molecule has 1 fully saturated rings. The molecule has 1 aliphatic carbocycles. The van der Waals surface area contributed by atoms with Gasteiger partial charge in [-0.15, -0.1) is 24.8 Å². The summed E-state index contributed by atoms with van der Waals surface area (Å²) in [5.74, 6) is 1.33. The van der Waals surface area contributed by atoms with Gasteiger partial charge >= 0.3 is 0 Å².